The van der Waals surface area contributed by atoms with E-state index in [0.717, 1.165) is 62.7 Å². The number of methoxy groups -OCH3 is 1. The molecule has 0 saturated carbocycles. The highest BCUT2D eigenvalue weighted by Crippen LogP contribution is 2.39. The summed E-state index contributed by atoms with van der Waals surface area (Å²) in [5.74, 6) is 2.74. The van der Waals surface area contributed by atoms with Crippen LogP contribution in [0.1, 0.15) is 53.4 Å². The fourth-order valence-corrected chi connectivity index (χ4v) is 6.82. The number of fused-ring (bicyclic) bond motifs is 1. The minimum absolute atomic E-state index is 0.0146. The number of nitrogens with zero attached hydrogens (tertiary/aromatic N) is 1. The lowest BCUT2D eigenvalue weighted by atomic mass is 10.0. The number of alkyl halides is 6. The SMILES string of the molecule is CCN1CCC(Nc2cccc3c(CC(F)(F)F)c(C#CCNc4ccc(C(=O)NC(CCC(N)=O)C(=O)OC)cc4OCC(F)(F)F)sc23)CC1. The Hall–Kier alpha value is -4.69. The Morgan fingerprint density at radius 3 is 2.42 bits per heavy atom. The molecule has 1 aliphatic heterocycles. The van der Waals surface area contributed by atoms with Crippen molar-refractivity contribution >= 4 is 50.6 Å². The zero-order chi connectivity index (χ0) is 38.1. The van der Waals surface area contributed by atoms with Crippen molar-refractivity contribution in [1.82, 2.24) is 10.2 Å². The molecule has 0 radical (unpaired) electrons. The second kappa shape index (κ2) is 17.7. The maximum atomic E-state index is 13.7. The largest absolute Gasteiger partial charge is 0.482 e. The molecule has 2 amide bonds. The van der Waals surface area contributed by atoms with Gasteiger partial charge in [0.2, 0.25) is 5.91 Å². The smallest absolute Gasteiger partial charge is 0.422 e. The van der Waals surface area contributed by atoms with E-state index in [2.05, 4.69) is 44.4 Å². The summed E-state index contributed by atoms with van der Waals surface area (Å²) in [6.07, 6.45) is -9.05. The van der Waals surface area contributed by atoms with Crippen molar-refractivity contribution in [1.29, 1.82) is 0 Å². The van der Waals surface area contributed by atoms with E-state index >= 15 is 0 Å². The van der Waals surface area contributed by atoms with Crippen LogP contribution in [-0.4, -0.2) is 87.0 Å². The van der Waals surface area contributed by atoms with Crippen LogP contribution in [0.3, 0.4) is 0 Å². The van der Waals surface area contributed by atoms with Crippen LogP contribution < -0.4 is 26.4 Å². The molecule has 5 N–H and O–H groups in total. The molecule has 1 atom stereocenters. The molecule has 17 heteroatoms. The topological polar surface area (TPSA) is 135 Å². The van der Waals surface area contributed by atoms with Crippen molar-refractivity contribution in [3.05, 3.63) is 52.4 Å². The molecule has 4 rings (SSSR count). The minimum atomic E-state index is -4.73. The Kier molecular flexibility index (Phi) is 13.6. The molecular formula is C35H39F6N5O5S. The number of anilines is 2. The van der Waals surface area contributed by atoms with Crippen molar-refractivity contribution in [3.63, 3.8) is 0 Å². The first-order valence-corrected chi connectivity index (χ1v) is 17.2. The standard InChI is InChI=1S/C35H39F6N5O5S/c1-3-46-16-13-22(14-17-46)44-26-7-4-6-23-24(19-34(36,37)38)29(52-31(23)26)8-5-15-43-25-10-9-21(18-28(25)51-20-35(39,40)41)32(48)45-27(33(49)50-2)11-12-30(42)47/h4,6-7,9-10,18,22,27,43-44H,3,11-17,19-20H2,1-2H3,(H2,42,47)(H,45,48). The van der Waals surface area contributed by atoms with Crippen molar-refractivity contribution in [2.24, 2.45) is 5.73 Å². The number of halogens is 6. The molecule has 1 aliphatic rings. The van der Waals surface area contributed by atoms with E-state index in [1.165, 1.54) is 12.1 Å². The first kappa shape index (κ1) is 40.1. The van der Waals surface area contributed by atoms with Gasteiger partial charge in [0.15, 0.2) is 6.61 Å². The van der Waals surface area contributed by atoms with Gasteiger partial charge >= 0.3 is 18.3 Å². The molecule has 2 aromatic carbocycles. The van der Waals surface area contributed by atoms with Gasteiger partial charge in [-0.05, 0) is 61.0 Å². The van der Waals surface area contributed by atoms with Gasteiger partial charge in [0.25, 0.3) is 5.91 Å². The molecule has 3 aromatic rings. The molecule has 0 bridgehead atoms. The third-order valence-corrected chi connectivity index (χ3v) is 9.46. The Labute approximate surface area is 300 Å². The number of benzene rings is 2. The van der Waals surface area contributed by atoms with Crippen LogP contribution in [0.2, 0.25) is 0 Å². The predicted octanol–water partition coefficient (Wildman–Crippen LogP) is 5.84. The van der Waals surface area contributed by atoms with Crippen molar-refractivity contribution < 1.29 is 50.2 Å². The Morgan fingerprint density at radius 2 is 1.79 bits per heavy atom. The van der Waals surface area contributed by atoms with E-state index in [1.807, 2.05) is 6.07 Å². The number of nitrogens with one attached hydrogen (secondary N) is 3. The fraction of sp³-hybridized carbons (Fsp3) is 0.457. The lowest BCUT2D eigenvalue weighted by Crippen LogP contribution is -2.42. The van der Waals surface area contributed by atoms with Gasteiger partial charge in [-0.25, -0.2) is 4.79 Å². The normalized spacial score (nSPS) is 14.6. The highest BCUT2D eigenvalue weighted by atomic mass is 32.1. The van der Waals surface area contributed by atoms with Gasteiger partial charge in [-0.15, -0.1) is 11.3 Å². The number of carbonyl (C=O) groups is 3. The van der Waals surface area contributed by atoms with Crippen molar-refractivity contribution in [3.8, 4) is 17.6 Å². The number of primary amides is 1. The Bertz CT molecular complexity index is 1790. The fourth-order valence-electron chi connectivity index (χ4n) is 5.65. The van der Waals surface area contributed by atoms with Crippen molar-refractivity contribution in [2.45, 2.75) is 63.5 Å². The van der Waals surface area contributed by atoms with Gasteiger partial charge in [0, 0.05) is 31.1 Å². The molecule has 1 aromatic heterocycles. The molecule has 10 nitrogen and oxygen atoms in total. The average Bonchev–Trinajstić information content (AvgIpc) is 3.43. The molecule has 0 aliphatic carbocycles. The maximum Gasteiger partial charge on any atom is 0.422 e. The minimum Gasteiger partial charge on any atom is -0.482 e. The zero-order valence-corrected chi connectivity index (χ0v) is 29.2. The Morgan fingerprint density at radius 1 is 1.06 bits per heavy atom. The van der Waals surface area contributed by atoms with E-state index in [1.54, 1.807) is 12.1 Å². The summed E-state index contributed by atoms with van der Waals surface area (Å²) in [6, 6.07) is 7.62. The van der Waals surface area contributed by atoms with Crippen LogP contribution >= 0.6 is 11.3 Å². The monoisotopic (exact) mass is 755 g/mol. The summed E-state index contributed by atoms with van der Waals surface area (Å²) in [5.41, 5.74) is 5.73. The summed E-state index contributed by atoms with van der Waals surface area (Å²) < 4.78 is 90.7. The van der Waals surface area contributed by atoms with Crippen LogP contribution in [0, 0.1) is 11.8 Å². The third-order valence-electron chi connectivity index (χ3n) is 8.26. The number of amides is 2. The first-order chi connectivity index (χ1) is 24.6. The lowest BCUT2D eigenvalue weighted by Gasteiger charge is -2.32. The number of hydrogen-bond donors (Lipinski definition) is 4. The van der Waals surface area contributed by atoms with E-state index in [-0.39, 0.29) is 52.9 Å². The third kappa shape index (κ3) is 11.7. The molecular weight excluding hydrogens is 716 g/mol. The van der Waals surface area contributed by atoms with Crippen LogP contribution in [0.25, 0.3) is 10.1 Å². The molecule has 52 heavy (non-hydrogen) atoms. The lowest BCUT2D eigenvalue weighted by molar-refractivity contribution is -0.153. The zero-order valence-electron chi connectivity index (χ0n) is 28.4. The number of carbonyl (C=O) groups excluding carboxylic acids is 3. The summed E-state index contributed by atoms with van der Waals surface area (Å²) in [6.45, 7) is 3.00. The van der Waals surface area contributed by atoms with E-state index in [4.69, 9.17) is 10.5 Å². The number of nitrogens with two attached hydrogens (primary N) is 1. The highest BCUT2D eigenvalue weighted by Gasteiger charge is 2.32. The quantitative estimate of drug-likeness (QED) is 0.0916. The number of ether oxygens (including phenoxy) is 2. The van der Waals surface area contributed by atoms with Gasteiger partial charge in [0.05, 0.1) is 41.0 Å². The molecule has 282 valence electrons. The maximum absolute atomic E-state index is 13.7. The van der Waals surface area contributed by atoms with Crippen LogP contribution in [0.5, 0.6) is 5.75 Å². The highest BCUT2D eigenvalue weighted by molar-refractivity contribution is 7.20. The molecule has 1 fully saturated rings. The average molecular weight is 756 g/mol. The van der Waals surface area contributed by atoms with E-state index < -0.39 is 49.2 Å². The number of esters is 1. The number of piperidine rings is 1. The molecule has 1 saturated heterocycles. The van der Waals surface area contributed by atoms with Gasteiger partial charge in [0.1, 0.15) is 11.8 Å². The molecule has 1 unspecified atom stereocenters. The van der Waals surface area contributed by atoms with Crippen LogP contribution in [0.15, 0.2) is 36.4 Å². The van der Waals surface area contributed by atoms with Crippen LogP contribution in [-0.2, 0) is 20.7 Å². The van der Waals surface area contributed by atoms with Crippen molar-refractivity contribution in [2.75, 3.05) is 50.5 Å². The second-order valence-corrected chi connectivity index (χ2v) is 13.1. The van der Waals surface area contributed by atoms with Gasteiger partial charge < -0.3 is 36.1 Å². The summed E-state index contributed by atoms with van der Waals surface area (Å²) in [4.78, 5) is 38.8. The van der Waals surface area contributed by atoms with Gasteiger partial charge in [-0.1, -0.05) is 30.9 Å². The molecule has 0 spiro atoms. The van der Waals surface area contributed by atoms with Gasteiger partial charge in [-0.2, -0.15) is 26.3 Å². The summed E-state index contributed by atoms with van der Waals surface area (Å²) in [5, 5.41) is 9.12. The molecule has 2 heterocycles. The predicted molar refractivity (Wildman–Crippen MR) is 185 cm³/mol. The first-order valence-electron chi connectivity index (χ1n) is 16.4. The van der Waals surface area contributed by atoms with E-state index in [9.17, 15) is 40.7 Å². The van der Waals surface area contributed by atoms with E-state index in [0.29, 0.717) is 10.1 Å². The summed E-state index contributed by atoms with van der Waals surface area (Å²) >= 11 is 1.14. The second-order valence-electron chi connectivity index (χ2n) is 12.1. The number of thiophene rings is 1. The summed E-state index contributed by atoms with van der Waals surface area (Å²) in [7, 11) is 1.07. The number of hydrogen-bond acceptors (Lipinski definition) is 9. The van der Waals surface area contributed by atoms with Gasteiger partial charge in [-0.3, -0.25) is 9.59 Å². The number of rotatable bonds is 14. The van der Waals surface area contributed by atoms with Crippen LogP contribution in [0.4, 0.5) is 37.7 Å². The Balaban J connectivity index is 1.56. The number of likely N-dealkylation sites (tertiary alicyclic amines) is 1.